The van der Waals surface area contributed by atoms with E-state index in [1.807, 2.05) is 67.6 Å². The summed E-state index contributed by atoms with van der Waals surface area (Å²) in [6.07, 6.45) is 2.84. The van der Waals surface area contributed by atoms with Crippen molar-refractivity contribution < 1.29 is 14.3 Å². The molecule has 0 saturated heterocycles. The average Bonchev–Trinajstić information content (AvgIpc) is 2.75. The molecule has 0 aliphatic carbocycles. The van der Waals surface area contributed by atoms with Gasteiger partial charge in [0.15, 0.2) is 5.75 Å². The lowest BCUT2D eigenvalue weighted by molar-refractivity contribution is 0.175. The highest BCUT2D eigenvalue weighted by Gasteiger charge is 2.22. The van der Waals surface area contributed by atoms with E-state index in [4.69, 9.17) is 9.15 Å². The normalized spacial score (nSPS) is 13.0. The summed E-state index contributed by atoms with van der Waals surface area (Å²) in [5, 5.41) is 10.6. The highest BCUT2D eigenvalue weighted by molar-refractivity contribution is 5.38. The molecule has 2 aromatic carbocycles. The summed E-state index contributed by atoms with van der Waals surface area (Å²) in [5.74, 6) is 0.203. The minimum absolute atomic E-state index is 0.00520. The first-order valence-electron chi connectivity index (χ1n) is 10.2. The molecule has 0 amide bonds. The molecule has 3 aromatic rings. The Morgan fingerprint density at radius 2 is 1.66 bits per heavy atom. The lowest BCUT2D eigenvalue weighted by atomic mass is 9.94. The van der Waals surface area contributed by atoms with Gasteiger partial charge in [-0.15, -0.1) is 0 Å². The molecule has 3 rings (SSSR count). The maximum atomic E-state index is 12.7. The molecule has 1 N–H and O–H groups in total. The maximum Gasteiger partial charge on any atom is 0.382 e. The molecule has 4 nitrogen and oxygen atoms in total. The molecule has 152 valence electrons. The van der Waals surface area contributed by atoms with Crippen molar-refractivity contribution in [1.82, 2.24) is 0 Å². The van der Waals surface area contributed by atoms with Gasteiger partial charge in [0.2, 0.25) is 5.75 Å². The summed E-state index contributed by atoms with van der Waals surface area (Å²) in [6, 6.07) is 21.3. The molecule has 4 heteroatoms. The van der Waals surface area contributed by atoms with E-state index in [9.17, 15) is 9.90 Å². The average molecular weight is 392 g/mol. The molecule has 0 aliphatic heterocycles. The molecule has 0 aliphatic rings. The SMILES string of the molecule is CCCC(Oc1c(O)cc(C(CC)Cc2ccccc2)oc1=O)c1ccccc1. The monoisotopic (exact) mass is 392 g/mol. The number of benzene rings is 2. The molecule has 0 spiro atoms. The third kappa shape index (κ3) is 5.29. The Kier molecular flexibility index (Phi) is 7.12. The highest BCUT2D eigenvalue weighted by atomic mass is 16.5. The number of aromatic hydroxyl groups is 1. The lowest BCUT2D eigenvalue weighted by Gasteiger charge is -2.20. The van der Waals surface area contributed by atoms with Gasteiger partial charge in [0.1, 0.15) is 11.9 Å². The van der Waals surface area contributed by atoms with E-state index < -0.39 is 5.63 Å². The Morgan fingerprint density at radius 1 is 1.00 bits per heavy atom. The number of hydrogen-bond donors (Lipinski definition) is 1. The topological polar surface area (TPSA) is 59.7 Å². The smallest absolute Gasteiger partial charge is 0.382 e. The van der Waals surface area contributed by atoms with E-state index >= 15 is 0 Å². The van der Waals surface area contributed by atoms with Crippen LogP contribution in [0.2, 0.25) is 0 Å². The van der Waals surface area contributed by atoms with E-state index in [1.54, 1.807) is 0 Å². The second-order valence-corrected chi connectivity index (χ2v) is 7.25. The largest absolute Gasteiger partial charge is 0.504 e. The van der Waals surface area contributed by atoms with Crippen LogP contribution in [0.15, 0.2) is 75.9 Å². The summed E-state index contributed by atoms with van der Waals surface area (Å²) < 4.78 is 11.5. The molecule has 0 saturated carbocycles. The van der Waals surface area contributed by atoms with Crippen molar-refractivity contribution in [1.29, 1.82) is 0 Å². The van der Waals surface area contributed by atoms with E-state index in [0.29, 0.717) is 5.76 Å². The Labute approximate surface area is 171 Å². The first kappa shape index (κ1) is 20.7. The number of hydrogen-bond acceptors (Lipinski definition) is 4. The number of ether oxygens (including phenoxy) is 1. The predicted molar refractivity (Wildman–Crippen MR) is 115 cm³/mol. The van der Waals surface area contributed by atoms with Gasteiger partial charge in [0.25, 0.3) is 0 Å². The van der Waals surface area contributed by atoms with Crippen LogP contribution in [0, 0.1) is 0 Å². The van der Waals surface area contributed by atoms with Crippen LogP contribution in [0.25, 0.3) is 0 Å². The van der Waals surface area contributed by atoms with Gasteiger partial charge in [-0.2, -0.15) is 0 Å². The summed E-state index contributed by atoms with van der Waals surface area (Å²) in [7, 11) is 0. The lowest BCUT2D eigenvalue weighted by Crippen LogP contribution is -2.15. The molecule has 2 unspecified atom stereocenters. The third-order valence-electron chi connectivity index (χ3n) is 5.11. The van der Waals surface area contributed by atoms with Crippen LogP contribution >= 0.6 is 0 Å². The van der Waals surface area contributed by atoms with Gasteiger partial charge in [-0.1, -0.05) is 80.9 Å². The molecule has 1 heterocycles. The zero-order valence-electron chi connectivity index (χ0n) is 17.0. The minimum atomic E-state index is -0.636. The fourth-order valence-electron chi connectivity index (χ4n) is 3.51. The molecule has 29 heavy (non-hydrogen) atoms. The van der Waals surface area contributed by atoms with Crippen molar-refractivity contribution >= 4 is 0 Å². The molecule has 2 atom stereocenters. The van der Waals surface area contributed by atoms with Gasteiger partial charge in [0, 0.05) is 12.0 Å². The van der Waals surface area contributed by atoms with Crippen molar-refractivity contribution in [3.63, 3.8) is 0 Å². The van der Waals surface area contributed by atoms with E-state index in [1.165, 1.54) is 6.07 Å². The van der Waals surface area contributed by atoms with Crippen molar-refractivity contribution in [2.75, 3.05) is 0 Å². The van der Waals surface area contributed by atoms with Crippen LogP contribution in [-0.2, 0) is 6.42 Å². The molecular formula is C25H28O4. The standard InChI is InChI=1S/C25H28O4/c1-3-11-22(20-14-9-6-10-15-20)28-24-21(26)17-23(29-25(24)27)19(4-2)16-18-12-7-5-8-13-18/h5-10,12-15,17,19,22,26H,3-4,11,16H2,1-2H3. The Morgan fingerprint density at radius 3 is 2.24 bits per heavy atom. The maximum absolute atomic E-state index is 12.7. The van der Waals surface area contributed by atoms with Crippen molar-refractivity contribution in [3.8, 4) is 11.5 Å². The Balaban J connectivity index is 1.85. The molecule has 0 bridgehead atoms. The summed E-state index contributed by atoms with van der Waals surface area (Å²) in [6.45, 7) is 4.10. The fourth-order valence-corrected chi connectivity index (χ4v) is 3.51. The summed E-state index contributed by atoms with van der Waals surface area (Å²) in [4.78, 5) is 12.7. The van der Waals surface area contributed by atoms with Crippen molar-refractivity contribution in [3.05, 3.63) is 94.0 Å². The Hall–Kier alpha value is -3.01. The molecular weight excluding hydrogens is 364 g/mol. The van der Waals surface area contributed by atoms with E-state index in [-0.39, 0.29) is 23.5 Å². The number of rotatable bonds is 9. The van der Waals surface area contributed by atoms with Gasteiger partial charge in [-0.3, -0.25) is 0 Å². The van der Waals surface area contributed by atoms with Crippen LogP contribution < -0.4 is 10.4 Å². The van der Waals surface area contributed by atoms with Crippen LogP contribution in [0.1, 0.15) is 62.0 Å². The second kappa shape index (κ2) is 9.97. The predicted octanol–water partition coefficient (Wildman–Crippen LogP) is 6.00. The van der Waals surface area contributed by atoms with Crippen LogP contribution in [-0.4, -0.2) is 5.11 Å². The van der Waals surface area contributed by atoms with Crippen LogP contribution in [0.5, 0.6) is 11.5 Å². The van der Waals surface area contributed by atoms with Crippen LogP contribution in [0.3, 0.4) is 0 Å². The van der Waals surface area contributed by atoms with Crippen molar-refractivity contribution in [2.45, 2.75) is 51.6 Å². The van der Waals surface area contributed by atoms with Gasteiger partial charge >= 0.3 is 5.63 Å². The zero-order valence-corrected chi connectivity index (χ0v) is 17.0. The highest BCUT2D eigenvalue weighted by Crippen LogP contribution is 2.33. The van der Waals surface area contributed by atoms with Gasteiger partial charge < -0.3 is 14.3 Å². The summed E-state index contributed by atoms with van der Waals surface area (Å²) in [5.41, 5.74) is 1.49. The minimum Gasteiger partial charge on any atom is -0.504 e. The first-order valence-corrected chi connectivity index (χ1v) is 10.2. The van der Waals surface area contributed by atoms with E-state index in [2.05, 4.69) is 6.92 Å². The van der Waals surface area contributed by atoms with Gasteiger partial charge in [-0.05, 0) is 30.4 Å². The second-order valence-electron chi connectivity index (χ2n) is 7.25. The first-order chi connectivity index (χ1) is 14.1. The van der Waals surface area contributed by atoms with E-state index in [0.717, 1.165) is 36.8 Å². The summed E-state index contributed by atoms with van der Waals surface area (Å²) >= 11 is 0. The van der Waals surface area contributed by atoms with Gasteiger partial charge in [-0.25, -0.2) is 4.79 Å². The third-order valence-corrected chi connectivity index (χ3v) is 5.11. The molecule has 0 fully saturated rings. The van der Waals surface area contributed by atoms with Crippen LogP contribution in [0.4, 0.5) is 0 Å². The quantitative estimate of drug-likeness (QED) is 0.485. The van der Waals surface area contributed by atoms with Gasteiger partial charge in [0.05, 0.1) is 0 Å². The zero-order chi connectivity index (χ0) is 20.6. The molecule has 0 radical (unpaired) electrons. The van der Waals surface area contributed by atoms with Crippen molar-refractivity contribution in [2.24, 2.45) is 0 Å². The Bertz CT molecular complexity index is 948. The fraction of sp³-hybridized carbons (Fsp3) is 0.320. The molecule has 1 aromatic heterocycles.